The average molecular weight is 306 g/mol. The molecule has 0 spiro atoms. The number of ether oxygens (including phenoxy) is 2. The van der Waals surface area contributed by atoms with Crippen LogP contribution in [0.3, 0.4) is 0 Å². The molecule has 1 atom stereocenters. The largest absolute Gasteiger partial charge is 0.493 e. The molecule has 0 heterocycles. The fraction of sp³-hybridized carbons (Fsp3) is 0.462. The van der Waals surface area contributed by atoms with Gasteiger partial charge in [-0.1, -0.05) is 13.0 Å². The van der Waals surface area contributed by atoms with E-state index < -0.39 is 18.5 Å². The van der Waals surface area contributed by atoms with Gasteiger partial charge in [0.05, 0.1) is 13.0 Å². The second-order valence-electron chi connectivity index (χ2n) is 4.12. The van der Waals surface area contributed by atoms with E-state index in [1.165, 1.54) is 24.9 Å². The smallest absolute Gasteiger partial charge is 0.387 e. The number of rotatable bonds is 8. The van der Waals surface area contributed by atoms with Crippen LogP contribution in [-0.2, 0) is 10.5 Å². The molecule has 0 aliphatic rings. The van der Waals surface area contributed by atoms with Crippen molar-refractivity contribution in [2.75, 3.05) is 12.9 Å². The summed E-state index contributed by atoms with van der Waals surface area (Å²) in [6, 6.07) is 4.68. The van der Waals surface area contributed by atoms with E-state index in [9.17, 15) is 13.6 Å². The van der Waals surface area contributed by atoms with Crippen molar-refractivity contribution in [3.05, 3.63) is 23.8 Å². The minimum atomic E-state index is -2.90. The molecule has 0 aliphatic heterocycles. The fourth-order valence-electron chi connectivity index (χ4n) is 1.42. The van der Waals surface area contributed by atoms with Crippen LogP contribution in [0.25, 0.3) is 0 Å². The molecular formula is C13H16F2O4S. The van der Waals surface area contributed by atoms with Crippen LogP contribution in [0.2, 0.25) is 0 Å². The quantitative estimate of drug-likeness (QED) is 0.799. The molecule has 0 aliphatic carbocycles. The predicted molar refractivity (Wildman–Crippen MR) is 72.6 cm³/mol. The van der Waals surface area contributed by atoms with Gasteiger partial charge in [-0.05, 0) is 17.7 Å². The number of methoxy groups -OCH3 is 1. The normalized spacial score (nSPS) is 12.2. The first-order valence-corrected chi connectivity index (χ1v) is 7.01. The summed E-state index contributed by atoms with van der Waals surface area (Å²) < 4.78 is 33.6. The summed E-state index contributed by atoms with van der Waals surface area (Å²) in [5.41, 5.74) is 0.853. The van der Waals surface area contributed by atoms with Crippen molar-refractivity contribution in [2.45, 2.75) is 19.3 Å². The third-order valence-electron chi connectivity index (χ3n) is 2.50. The maximum atomic E-state index is 12.2. The highest BCUT2D eigenvalue weighted by atomic mass is 32.2. The zero-order chi connectivity index (χ0) is 15.1. The number of carboxylic acid groups (broad SMARTS) is 1. The van der Waals surface area contributed by atoms with Gasteiger partial charge in [-0.25, -0.2) is 0 Å². The third kappa shape index (κ3) is 5.24. The Morgan fingerprint density at radius 1 is 1.40 bits per heavy atom. The molecule has 20 heavy (non-hydrogen) atoms. The van der Waals surface area contributed by atoms with Gasteiger partial charge in [0.2, 0.25) is 0 Å². The first kappa shape index (κ1) is 16.6. The van der Waals surface area contributed by atoms with Crippen LogP contribution in [-0.4, -0.2) is 30.5 Å². The Hall–Kier alpha value is -1.50. The van der Waals surface area contributed by atoms with Crippen molar-refractivity contribution in [1.82, 2.24) is 0 Å². The van der Waals surface area contributed by atoms with Crippen LogP contribution < -0.4 is 9.47 Å². The number of benzene rings is 1. The summed E-state index contributed by atoms with van der Waals surface area (Å²) in [5, 5.41) is 8.76. The van der Waals surface area contributed by atoms with E-state index in [1.807, 2.05) is 0 Å². The zero-order valence-electron chi connectivity index (χ0n) is 11.1. The molecule has 0 saturated heterocycles. The number of carboxylic acids is 1. The van der Waals surface area contributed by atoms with Crippen LogP contribution in [0.1, 0.15) is 12.5 Å². The maximum Gasteiger partial charge on any atom is 0.387 e. The van der Waals surface area contributed by atoms with E-state index in [2.05, 4.69) is 4.74 Å². The molecule has 0 fully saturated rings. The van der Waals surface area contributed by atoms with Gasteiger partial charge in [0, 0.05) is 11.5 Å². The summed E-state index contributed by atoms with van der Waals surface area (Å²) in [6.45, 7) is -1.27. The number of thioether (sulfide) groups is 1. The van der Waals surface area contributed by atoms with E-state index in [-0.39, 0.29) is 11.5 Å². The predicted octanol–water partition coefficient (Wildman–Crippen LogP) is 3.25. The number of hydrogen-bond donors (Lipinski definition) is 1. The van der Waals surface area contributed by atoms with Gasteiger partial charge in [0.1, 0.15) is 0 Å². The maximum absolute atomic E-state index is 12.2. The topological polar surface area (TPSA) is 55.8 Å². The number of hydrogen-bond acceptors (Lipinski definition) is 4. The number of halogens is 2. The van der Waals surface area contributed by atoms with Gasteiger partial charge in [0.15, 0.2) is 11.5 Å². The highest BCUT2D eigenvalue weighted by Crippen LogP contribution is 2.30. The molecule has 112 valence electrons. The van der Waals surface area contributed by atoms with Crippen LogP contribution in [0.4, 0.5) is 8.78 Å². The van der Waals surface area contributed by atoms with Gasteiger partial charge < -0.3 is 14.6 Å². The van der Waals surface area contributed by atoms with E-state index in [4.69, 9.17) is 9.84 Å². The SMILES string of the molecule is COc1cc(CSCC(C)C(=O)O)ccc1OC(F)F. The molecule has 0 amide bonds. The summed E-state index contributed by atoms with van der Waals surface area (Å²) in [7, 11) is 1.37. The second-order valence-corrected chi connectivity index (χ2v) is 5.15. The average Bonchev–Trinajstić information content (AvgIpc) is 2.39. The molecule has 0 saturated carbocycles. The molecule has 0 radical (unpaired) electrons. The minimum absolute atomic E-state index is 0.0184. The molecule has 1 rings (SSSR count). The lowest BCUT2D eigenvalue weighted by atomic mass is 10.2. The van der Waals surface area contributed by atoms with Gasteiger partial charge in [-0.3, -0.25) is 4.79 Å². The van der Waals surface area contributed by atoms with Crippen molar-refractivity contribution in [1.29, 1.82) is 0 Å². The summed E-state index contributed by atoms with van der Waals surface area (Å²) >= 11 is 1.46. The Bertz CT molecular complexity index is 454. The number of carbonyl (C=O) groups is 1. The van der Waals surface area contributed by atoms with Crippen LogP contribution in [0, 0.1) is 5.92 Å². The first-order valence-electron chi connectivity index (χ1n) is 5.86. The van der Waals surface area contributed by atoms with E-state index in [0.29, 0.717) is 11.5 Å². The summed E-state index contributed by atoms with van der Waals surface area (Å²) in [5.74, 6) is -0.000451. The number of aliphatic carboxylic acids is 1. The molecule has 4 nitrogen and oxygen atoms in total. The first-order chi connectivity index (χ1) is 9.43. The van der Waals surface area contributed by atoms with E-state index in [1.54, 1.807) is 19.1 Å². The fourth-order valence-corrected chi connectivity index (χ4v) is 2.45. The molecule has 0 bridgehead atoms. The van der Waals surface area contributed by atoms with Crippen LogP contribution in [0.15, 0.2) is 18.2 Å². The highest BCUT2D eigenvalue weighted by molar-refractivity contribution is 7.98. The molecule has 1 aromatic carbocycles. The Balaban J connectivity index is 2.61. The lowest BCUT2D eigenvalue weighted by molar-refractivity contribution is -0.140. The standard InChI is InChI=1S/C13H16F2O4S/c1-8(12(16)17)6-20-7-9-3-4-10(19-13(14)15)11(5-9)18-2/h3-5,8,13H,6-7H2,1-2H3,(H,16,17). The van der Waals surface area contributed by atoms with E-state index >= 15 is 0 Å². The zero-order valence-corrected chi connectivity index (χ0v) is 12.0. The molecule has 1 unspecified atom stereocenters. The Kier molecular flexibility index (Phi) is 6.57. The summed E-state index contributed by atoms with van der Waals surface area (Å²) in [4.78, 5) is 10.7. The van der Waals surface area contributed by atoms with Crippen molar-refractivity contribution >= 4 is 17.7 Å². The van der Waals surface area contributed by atoms with Crippen molar-refractivity contribution in [3.63, 3.8) is 0 Å². The van der Waals surface area contributed by atoms with Crippen molar-refractivity contribution in [2.24, 2.45) is 5.92 Å². The van der Waals surface area contributed by atoms with Gasteiger partial charge >= 0.3 is 12.6 Å². The monoisotopic (exact) mass is 306 g/mol. The van der Waals surface area contributed by atoms with Gasteiger partial charge in [0.25, 0.3) is 0 Å². The minimum Gasteiger partial charge on any atom is -0.493 e. The van der Waals surface area contributed by atoms with Crippen molar-refractivity contribution in [3.8, 4) is 11.5 Å². The Morgan fingerprint density at radius 3 is 2.65 bits per heavy atom. The summed E-state index contributed by atoms with van der Waals surface area (Å²) in [6.07, 6.45) is 0. The van der Waals surface area contributed by atoms with Crippen LogP contribution in [0.5, 0.6) is 11.5 Å². The van der Waals surface area contributed by atoms with Gasteiger partial charge in [-0.2, -0.15) is 20.5 Å². The molecule has 0 aromatic heterocycles. The van der Waals surface area contributed by atoms with Crippen molar-refractivity contribution < 1.29 is 28.2 Å². The van der Waals surface area contributed by atoms with Gasteiger partial charge in [-0.15, -0.1) is 0 Å². The Morgan fingerprint density at radius 2 is 2.10 bits per heavy atom. The van der Waals surface area contributed by atoms with E-state index in [0.717, 1.165) is 5.56 Å². The third-order valence-corrected chi connectivity index (χ3v) is 3.78. The number of alkyl halides is 2. The molecule has 1 aromatic rings. The molecule has 1 N–H and O–H groups in total. The molecule has 7 heteroatoms. The second kappa shape index (κ2) is 7.94. The van der Waals surface area contributed by atoms with Crippen LogP contribution >= 0.6 is 11.8 Å². The molecular weight excluding hydrogens is 290 g/mol. The lowest BCUT2D eigenvalue weighted by Gasteiger charge is -2.11. The lowest BCUT2D eigenvalue weighted by Crippen LogP contribution is -2.11. The Labute approximate surface area is 120 Å². The highest BCUT2D eigenvalue weighted by Gasteiger charge is 2.13.